The van der Waals surface area contributed by atoms with Gasteiger partial charge < -0.3 is 14.8 Å². The number of benzene rings is 3. The summed E-state index contributed by atoms with van der Waals surface area (Å²) in [5, 5.41) is 2.86. The number of para-hydroxylation sites is 1. The minimum atomic E-state index is -0.218. The third kappa shape index (κ3) is 4.18. The molecule has 4 heteroatoms. The highest BCUT2D eigenvalue weighted by atomic mass is 16.5. The van der Waals surface area contributed by atoms with Crippen LogP contribution in [0.25, 0.3) is 0 Å². The maximum Gasteiger partial charge on any atom is 0.259 e. The molecular formula is C21H19NO3. The average Bonchev–Trinajstić information content (AvgIpc) is 2.63. The number of amides is 1. The molecule has 0 spiro atoms. The Kier molecular flexibility index (Phi) is 5.00. The molecule has 0 aliphatic heterocycles. The van der Waals surface area contributed by atoms with Crippen LogP contribution in [0.5, 0.6) is 17.2 Å². The SMILES string of the molecule is COc1ccccc1C(=O)Nc1ccc(Oc2cccc(C)c2)cc1. The van der Waals surface area contributed by atoms with E-state index in [4.69, 9.17) is 9.47 Å². The zero-order valence-corrected chi connectivity index (χ0v) is 14.2. The molecule has 0 saturated carbocycles. The first-order chi connectivity index (χ1) is 12.2. The van der Waals surface area contributed by atoms with Gasteiger partial charge in [-0.2, -0.15) is 0 Å². The number of carbonyl (C=O) groups is 1. The second kappa shape index (κ2) is 7.53. The summed E-state index contributed by atoms with van der Waals surface area (Å²) < 4.78 is 11.0. The molecule has 0 atom stereocenters. The van der Waals surface area contributed by atoms with Crippen LogP contribution in [0, 0.1) is 6.92 Å². The molecule has 0 heterocycles. The van der Waals surface area contributed by atoms with Gasteiger partial charge in [0.1, 0.15) is 17.2 Å². The normalized spacial score (nSPS) is 10.2. The van der Waals surface area contributed by atoms with Crippen LogP contribution in [0.1, 0.15) is 15.9 Å². The summed E-state index contributed by atoms with van der Waals surface area (Å²) in [6.07, 6.45) is 0. The molecule has 0 bridgehead atoms. The van der Waals surface area contributed by atoms with Crippen molar-refractivity contribution in [3.63, 3.8) is 0 Å². The lowest BCUT2D eigenvalue weighted by molar-refractivity contribution is 0.102. The molecular weight excluding hydrogens is 314 g/mol. The quantitative estimate of drug-likeness (QED) is 0.711. The van der Waals surface area contributed by atoms with Gasteiger partial charge in [0.05, 0.1) is 12.7 Å². The van der Waals surface area contributed by atoms with Crippen LogP contribution in [-0.2, 0) is 0 Å². The highest BCUT2D eigenvalue weighted by Crippen LogP contribution is 2.24. The largest absolute Gasteiger partial charge is 0.496 e. The van der Waals surface area contributed by atoms with Crippen LogP contribution < -0.4 is 14.8 Å². The molecule has 1 N–H and O–H groups in total. The molecule has 0 fully saturated rings. The van der Waals surface area contributed by atoms with Gasteiger partial charge >= 0.3 is 0 Å². The first-order valence-corrected chi connectivity index (χ1v) is 7.94. The van der Waals surface area contributed by atoms with Gasteiger partial charge in [-0.05, 0) is 61.0 Å². The van der Waals surface area contributed by atoms with E-state index < -0.39 is 0 Å². The fourth-order valence-corrected chi connectivity index (χ4v) is 2.45. The van der Waals surface area contributed by atoms with Gasteiger partial charge in [0.2, 0.25) is 0 Å². The summed E-state index contributed by atoms with van der Waals surface area (Å²) in [6.45, 7) is 2.02. The topological polar surface area (TPSA) is 47.6 Å². The van der Waals surface area contributed by atoms with Crippen molar-refractivity contribution in [1.29, 1.82) is 0 Å². The number of carbonyl (C=O) groups excluding carboxylic acids is 1. The van der Waals surface area contributed by atoms with Crippen molar-refractivity contribution < 1.29 is 14.3 Å². The Morgan fingerprint density at radius 3 is 2.36 bits per heavy atom. The molecule has 4 nitrogen and oxygen atoms in total. The monoisotopic (exact) mass is 333 g/mol. The summed E-state index contributed by atoms with van der Waals surface area (Å²) in [5.74, 6) is 1.82. The highest BCUT2D eigenvalue weighted by molar-refractivity contribution is 6.06. The van der Waals surface area contributed by atoms with Crippen LogP contribution in [0.3, 0.4) is 0 Å². The number of hydrogen-bond acceptors (Lipinski definition) is 3. The molecule has 0 aromatic heterocycles. The van der Waals surface area contributed by atoms with Crippen LogP contribution in [0.4, 0.5) is 5.69 Å². The first kappa shape index (κ1) is 16.6. The maximum atomic E-state index is 12.4. The zero-order valence-electron chi connectivity index (χ0n) is 14.2. The summed E-state index contributed by atoms with van der Waals surface area (Å²) >= 11 is 0. The molecule has 1 amide bonds. The number of anilines is 1. The third-order valence-electron chi connectivity index (χ3n) is 3.69. The molecule has 0 unspecified atom stereocenters. The van der Waals surface area contributed by atoms with Crippen molar-refractivity contribution in [2.75, 3.05) is 12.4 Å². The minimum Gasteiger partial charge on any atom is -0.496 e. The lowest BCUT2D eigenvalue weighted by Gasteiger charge is -2.10. The molecule has 0 aliphatic rings. The van der Waals surface area contributed by atoms with E-state index in [0.717, 1.165) is 11.3 Å². The Balaban J connectivity index is 1.69. The number of ether oxygens (including phenoxy) is 2. The van der Waals surface area contributed by atoms with Gasteiger partial charge in [-0.1, -0.05) is 24.3 Å². The number of aryl methyl sites for hydroxylation is 1. The maximum absolute atomic E-state index is 12.4. The van der Waals surface area contributed by atoms with Gasteiger partial charge in [0.25, 0.3) is 5.91 Å². The summed E-state index contributed by atoms with van der Waals surface area (Å²) in [7, 11) is 1.55. The molecule has 3 rings (SSSR count). The van der Waals surface area contributed by atoms with E-state index in [9.17, 15) is 4.79 Å². The summed E-state index contributed by atoms with van der Waals surface area (Å²) in [6, 6.07) is 22.2. The van der Waals surface area contributed by atoms with Gasteiger partial charge in [-0.3, -0.25) is 4.79 Å². The van der Waals surface area contributed by atoms with E-state index >= 15 is 0 Å². The molecule has 0 radical (unpaired) electrons. The highest BCUT2D eigenvalue weighted by Gasteiger charge is 2.11. The van der Waals surface area contributed by atoms with Crippen molar-refractivity contribution in [1.82, 2.24) is 0 Å². The number of nitrogens with one attached hydrogen (secondary N) is 1. The third-order valence-corrected chi connectivity index (χ3v) is 3.69. The van der Waals surface area contributed by atoms with E-state index in [1.54, 1.807) is 37.4 Å². The fourth-order valence-electron chi connectivity index (χ4n) is 2.45. The Labute approximate surface area is 147 Å². The number of hydrogen-bond donors (Lipinski definition) is 1. The summed E-state index contributed by atoms with van der Waals surface area (Å²) in [5.41, 5.74) is 2.32. The predicted octanol–water partition coefficient (Wildman–Crippen LogP) is 5.05. The van der Waals surface area contributed by atoms with Gasteiger partial charge in [-0.25, -0.2) is 0 Å². The van der Waals surface area contributed by atoms with Crippen molar-refractivity contribution in [3.8, 4) is 17.2 Å². The molecule has 0 saturated heterocycles. The molecule has 3 aromatic rings. The molecule has 126 valence electrons. The van der Waals surface area contributed by atoms with Gasteiger partial charge in [-0.15, -0.1) is 0 Å². The Hall–Kier alpha value is -3.27. The van der Waals surface area contributed by atoms with Crippen molar-refractivity contribution >= 4 is 11.6 Å². The average molecular weight is 333 g/mol. The predicted molar refractivity (Wildman–Crippen MR) is 98.6 cm³/mol. The van der Waals surface area contributed by atoms with Crippen LogP contribution in [-0.4, -0.2) is 13.0 Å². The molecule has 25 heavy (non-hydrogen) atoms. The van der Waals surface area contributed by atoms with Crippen molar-refractivity contribution in [2.45, 2.75) is 6.92 Å². The number of rotatable bonds is 5. The fraction of sp³-hybridized carbons (Fsp3) is 0.0952. The lowest BCUT2D eigenvalue weighted by Crippen LogP contribution is -2.12. The van der Waals surface area contributed by atoms with Gasteiger partial charge in [0.15, 0.2) is 0 Å². The van der Waals surface area contributed by atoms with E-state index in [1.165, 1.54) is 0 Å². The molecule has 0 aliphatic carbocycles. The Bertz CT molecular complexity index is 872. The molecule has 3 aromatic carbocycles. The van der Waals surface area contributed by atoms with E-state index in [1.807, 2.05) is 49.4 Å². The Morgan fingerprint density at radius 1 is 0.880 bits per heavy atom. The van der Waals surface area contributed by atoms with Crippen molar-refractivity contribution in [3.05, 3.63) is 83.9 Å². The standard InChI is InChI=1S/C21H19NO3/c1-15-6-5-7-18(14-15)25-17-12-10-16(11-13-17)22-21(23)19-8-3-4-9-20(19)24-2/h3-14H,1-2H3,(H,22,23). The summed E-state index contributed by atoms with van der Waals surface area (Å²) in [4.78, 5) is 12.4. The van der Waals surface area contributed by atoms with E-state index in [-0.39, 0.29) is 5.91 Å². The lowest BCUT2D eigenvalue weighted by atomic mass is 10.2. The minimum absolute atomic E-state index is 0.218. The second-order valence-corrected chi connectivity index (χ2v) is 5.60. The first-order valence-electron chi connectivity index (χ1n) is 7.94. The zero-order chi connectivity index (χ0) is 17.6. The van der Waals surface area contributed by atoms with E-state index in [0.29, 0.717) is 22.7 Å². The van der Waals surface area contributed by atoms with Crippen LogP contribution in [0.2, 0.25) is 0 Å². The van der Waals surface area contributed by atoms with Gasteiger partial charge in [0, 0.05) is 5.69 Å². The second-order valence-electron chi connectivity index (χ2n) is 5.60. The van der Waals surface area contributed by atoms with Crippen molar-refractivity contribution in [2.24, 2.45) is 0 Å². The van der Waals surface area contributed by atoms with Crippen LogP contribution >= 0.6 is 0 Å². The Morgan fingerprint density at radius 2 is 1.64 bits per heavy atom. The van der Waals surface area contributed by atoms with E-state index in [2.05, 4.69) is 5.32 Å². The number of methoxy groups -OCH3 is 1. The van der Waals surface area contributed by atoms with Crippen LogP contribution in [0.15, 0.2) is 72.8 Å². The smallest absolute Gasteiger partial charge is 0.259 e.